The number of ether oxygens (including phenoxy) is 1. The normalized spacial score (nSPS) is 12.4. The van der Waals surface area contributed by atoms with Gasteiger partial charge in [-0.1, -0.05) is 23.7 Å². The Morgan fingerprint density at radius 3 is 2.72 bits per heavy atom. The van der Waals surface area contributed by atoms with Crippen molar-refractivity contribution >= 4 is 22.9 Å². The van der Waals surface area contributed by atoms with E-state index in [-0.39, 0.29) is 6.04 Å². The Kier molecular flexibility index (Phi) is 4.27. The molecule has 0 spiro atoms. The number of nitrogens with two attached hydrogens (primary N) is 1. The van der Waals surface area contributed by atoms with Gasteiger partial charge in [0.15, 0.2) is 0 Å². The first kappa shape index (κ1) is 13.4. The van der Waals surface area contributed by atoms with Gasteiger partial charge in [-0.05, 0) is 37.6 Å². The summed E-state index contributed by atoms with van der Waals surface area (Å²) in [5.74, 6) is 0.856. The molecular weight excluding hydrogens is 266 g/mol. The van der Waals surface area contributed by atoms with Gasteiger partial charge in [-0.2, -0.15) is 0 Å². The summed E-state index contributed by atoms with van der Waals surface area (Å²) in [6.45, 7) is 4.53. The van der Waals surface area contributed by atoms with E-state index >= 15 is 0 Å². The fraction of sp³-hybridized carbons (Fsp3) is 0.286. The Hall–Kier alpha value is -1.03. The highest BCUT2D eigenvalue weighted by molar-refractivity contribution is 7.16. The zero-order chi connectivity index (χ0) is 13.1. The highest BCUT2D eigenvalue weighted by Crippen LogP contribution is 2.28. The van der Waals surface area contributed by atoms with Crippen LogP contribution in [-0.4, -0.2) is 0 Å². The molecule has 96 valence electrons. The molecule has 0 unspecified atom stereocenters. The first-order chi connectivity index (χ1) is 8.56. The predicted molar refractivity (Wildman–Crippen MR) is 77.4 cm³/mol. The Labute approximate surface area is 116 Å². The number of rotatable bonds is 4. The number of benzene rings is 1. The van der Waals surface area contributed by atoms with E-state index < -0.39 is 0 Å². The van der Waals surface area contributed by atoms with Crippen molar-refractivity contribution < 1.29 is 4.74 Å². The summed E-state index contributed by atoms with van der Waals surface area (Å²) in [6, 6.07) is 9.92. The minimum Gasteiger partial charge on any atom is -0.488 e. The molecule has 0 aliphatic rings. The molecule has 1 atom stereocenters. The molecule has 0 bridgehead atoms. The minimum atomic E-state index is -0.0347. The van der Waals surface area contributed by atoms with E-state index in [1.54, 1.807) is 0 Å². The van der Waals surface area contributed by atoms with Gasteiger partial charge in [0.2, 0.25) is 0 Å². The summed E-state index contributed by atoms with van der Waals surface area (Å²) in [7, 11) is 0. The van der Waals surface area contributed by atoms with Crippen LogP contribution in [0.1, 0.15) is 29.0 Å². The number of hydrogen-bond acceptors (Lipinski definition) is 3. The monoisotopic (exact) mass is 281 g/mol. The van der Waals surface area contributed by atoms with Crippen molar-refractivity contribution in [2.24, 2.45) is 5.73 Å². The van der Waals surface area contributed by atoms with E-state index in [0.29, 0.717) is 6.61 Å². The summed E-state index contributed by atoms with van der Waals surface area (Å²) in [6.07, 6.45) is 0. The molecule has 0 fully saturated rings. The average Bonchev–Trinajstić information content (AvgIpc) is 2.72. The number of halogens is 1. The SMILES string of the molecule is Cc1ccc([C@H](C)N)c(OCc2ccc(Cl)s2)c1. The van der Waals surface area contributed by atoms with Crippen molar-refractivity contribution in [3.63, 3.8) is 0 Å². The van der Waals surface area contributed by atoms with Gasteiger partial charge in [0.1, 0.15) is 12.4 Å². The quantitative estimate of drug-likeness (QED) is 0.906. The molecule has 0 saturated carbocycles. The molecule has 2 rings (SSSR count). The van der Waals surface area contributed by atoms with E-state index in [9.17, 15) is 0 Å². The molecule has 2 aromatic rings. The zero-order valence-corrected chi connectivity index (χ0v) is 12.0. The first-order valence-corrected chi connectivity index (χ1v) is 6.99. The second-order valence-electron chi connectivity index (χ2n) is 4.32. The Morgan fingerprint density at radius 2 is 2.11 bits per heavy atom. The molecule has 0 aliphatic heterocycles. The van der Waals surface area contributed by atoms with Crippen LogP contribution in [0, 0.1) is 6.92 Å². The van der Waals surface area contributed by atoms with Crippen LogP contribution >= 0.6 is 22.9 Å². The summed E-state index contributed by atoms with van der Waals surface area (Å²) >= 11 is 7.43. The third kappa shape index (κ3) is 3.25. The van der Waals surface area contributed by atoms with E-state index in [1.165, 1.54) is 16.9 Å². The molecule has 0 aliphatic carbocycles. The van der Waals surface area contributed by atoms with Crippen LogP contribution in [-0.2, 0) is 6.61 Å². The lowest BCUT2D eigenvalue weighted by Gasteiger charge is -2.14. The Bertz CT molecular complexity index is 536. The lowest BCUT2D eigenvalue weighted by atomic mass is 10.1. The zero-order valence-electron chi connectivity index (χ0n) is 10.4. The summed E-state index contributed by atoms with van der Waals surface area (Å²) in [4.78, 5) is 1.11. The van der Waals surface area contributed by atoms with Crippen molar-refractivity contribution in [2.75, 3.05) is 0 Å². The topological polar surface area (TPSA) is 35.2 Å². The fourth-order valence-electron chi connectivity index (χ4n) is 1.72. The lowest BCUT2D eigenvalue weighted by Crippen LogP contribution is -2.08. The molecule has 18 heavy (non-hydrogen) atoms. The molecular formula is C14H16ClNOS. The maximum Gasteiger partial charge on any atom is 0.124 e. The molecule has 0 amide bonds. The van der Waals surface area contributed by atoms with Crippen LogP contribution in [0.15, 0.2) is 30.3 Å². The maximum absolute atomic E-state index is 5.94. The third-order valence-corrected chi connectivity index (χ3v) is 3.86. The van der Waals surface area contributed by atoms with E-state index in [4.69, 9.17) is 22.1 Å². The van der Waals surface area contributed by atoms with E-state index in [1.807, 2.05) is 44.2 Å². The molecule has 0 radical (unpaired) electrons. The van der Waals surface area contributed by atoms with Gasteiger partial charge in [-0.15, -0.1) is 11.3 Å². The summed E-state index contributed by atoms with van der Waals surface area (Å²) in [5, 5.41) is 0. The molecule has 2 N–H and O–H groups in total. The largest absolute Gasteiger partial charge is 0.488 e. The smallest absolute Gasteiger partial charge is 0.124 e. The van der Waals surface area contributed by atoms with Gasteiger partial charge < -0.3 is 10.5 Å². The van der Waals surface area contributed by atoms with Crippen molar-refractivity contribution in [3.8, 4) is 5.75 Å². The van der Waals surface area contributed by atoms with Crippen LogP contribution in [0.3, 0.4) is 0 Å². The molecule has 1 aromatic heterocycles. The highest BCUT2D eigenvalue weighted by atomic mass is 35.5. The Balaban J connectivity index is 2.15. The summed E-state index contributed by atoms with van der Waals surface area (Å²) in [5.41, 5.74) is 8.14. The molecule has 2 nitrogen and oxygen atoms in total. The second kappa shape index (κ2) is 5.74. The van der Waals surface area contributed by atoms with Gasteiger partial charge in [-0.3, -0.25) is 0 Å². The van der Waals surface area contributed by atoms with Crippen molar-refractivity contribution in [3.05, 3.63) is 50.7 Å². The van der Waals surface area contributed by atoms with Gasteiger partial charge >= 0.3 is 0 Å². The van der Waals surface area contributed by atoms with Gasteiger partial charge in [0, 0.05) is 16.5 Å². The van der Waals surface area contributed by atoms with Gasteiger partial charge in [0.25, 0.3) is 0 Å². The number of aryl methyl sites for hydroxylation is 1. The highest BCUT2D eigenvalue weighted by Gasteiger charge is 2.09. The van der Waals surface area contributed by atoms with Gasteiger partial charge in [-0.25, -0.2) is 0 Å². The minimum absolute atomic E-state index is 0.0347. The van der Waals surface area contributed by atoms with Crippen molar-refractivity contribution in [1.82, 2.24) is 0 Å². The van der Waals surface area contributed by atoms with Crippen LogP contribution in [0.5, 0.6) is 5.75 Å². The summed E-state index contributed by atoms with van der Waals surface area (Å²) < 4.78 is 6.63. The number of hydrogen-bond donors (Lipinski definition) is 1. The Morgan fingerprint density at radius 1 is 1.33 bits per heavy atom. The maximum atomic E-state index is 5.94. The van der Waals surface area contributed by atoms with Gasteiger partial charge in [0.05, 0.1) is 4.34 Å². The van der Waals surface area contributed by atoms with Crippen molar-refractivity contribution in [1.29, 1.82) is 0 Å². The van der Waals surface area contributed by atoms with Crippen LogP contribution in [0.2, 0.25) is 4.34 Å². The predicted octanol–water partition coefficient (Wildman–Crippen LogP) is 4.31. The van der Waals surface area contributed by atoms with E-state index in [0.717, 1.165) is 20.5 Å². The van der Waals surface area contributed by atoms with Crippen LogP contribution in [0.4, 0.5) is 0 Å². The molecule has 1 aromatic carbocycles. The molecule has 4 heteroatoms. The molecule has 0 saturated heterocycles. The van der Waals surface area contributed by atoms with Crippen LogP contribution < -0.4 is 10.5 Å². The standard InChI is InChI=1S/C14H16ClNOS/c1-9-3-5-12(10(2)16)13(7-9)17-8-11-4-6-14(15)18-11/h3-7,10H,8,16H2,1-2H3/t10-/m0/s1. The third-order valence-electron chi connectivity index (χ3n) is 2.66. The van der Waals surface area contributed by atoms with Crippen molar-refractivity contribution in [2.45, 2.75) is 26.5 Å². The number of thiophene rings is 1. The second-order valence-corrected chi connectivity index (χ2v) is 6.12. The molecule has 1 heterocycles. The van der Waals surface area contributed by atoms with Crippen LogP contribution in [0.25, 0.3) is 0 Å². The van der Waals surface area contributed by atoms with E-state index in [2.05, 4.69) is 0 Å². The first-order valence-electron chi connectivity index (χ1n) is 5.79. The average molecular weight is 282 g/mol. The lowest BCUT2D eigenvalue weighted by molar-refractivity contribution is 0.305. The fourth-order valence-corrected chi connectivity index (χ4v) is 2.72.